The van der Waals surface area contributed by atoms with Crippen molar-refractivity contribution in [3.63, 3.8) is 0 Å². The quantitative estimate of drug-likeness (QED) is 0.420. The first kappa shape index (κ1) is 16.9. The second-order valence-electron chi connectivity index (χ2n) is 4.62. The highest BCUT2D eigenvalue weighted by molar-refractivity contribution is 9.10. The normalized spacial score (nSPS) is 13.5. The van der Waals surface area contributed by atoms with E-state index in [4.69, 9.17) is 0 Å². The molecule has 1 unspecified atom stereocenters. The molecule has 0 aromatic heterocycles. The summed E-state index contributed by atoms with van der Waals surface area (Å²) in [5.41, 5.74) is 0. The van der Waals surface area contributed by atoms with E-state index in [9.17, 15) is 4.79 Å². The van der Waals surface area contributed by atoms with E-state index in [0.29, 0.717) is 18.6 Å². The first-order valence-electron chi connectivity index (χ1n) is 6.08. The Kier molecular flexibility index (Phi) is 8.82. The summed E-state index contributed by atoms with van der Waals surface area (Å²) < 4.78 is 4.63. The maximum Gasteiger partial charge on any atom is 0.320 e. The zero-order valence-corrected chi connectivity index (χ0v) is 13.1. The highest BCUT2D eigenvalue weighted by Gasteiger charge is 2.15. The van der Waals surface area contributed by atoms with Gasteiger partial charge < -0.3 is 10.1 Å². The van der Waals surface area contributed by atoms with Gasteiger partial charge >= 0.3 is 5.97 Å². The van der Waals surface area contributed by atoms with E-state index in [1.165, 1.54) is 7.11 Å². The molecule has 0 bridgehead atoms. The van der Waals surface area contributed by atoms with E-state index >= 15 is 0 Å². The largest absolute Gasteiger partial charge is 0.468 e. The Morgan fingerprint density at radius 1 is 1.29 bits per heavy atom. The van der Waals surface area contributed by atoms with Crippen molar-refractivity contribution in [2.24, 2.45) is 0 Å². The maximum absolute atomic E-state index is 11.1. The molecule has 0 heterocycles. The van der Waals surface area contributed by atoms with Crippen LogP contribution in [-0.2, 0) is 9.53 Å². The predicted octanol–water partition coefficient (Wildman–Crippen LogP) is 1.63. The molecule has 0 amide bonds. The lowest BCUT2D eigenvalue weighted by atomic mass is 10.2. The van der Waals surface area contributed by atoms with Gasteiger partial charge in [0.15, 0.2) is 0 Å². The van der Waals surface area contributed by atoms with Gasteiger partial charge in [0.2, 0.25) is 0 Å². The smallest absolute Gasteiger partial charge is 0.320 e. The number of carbonyl (C=O) groups excluding carboxylic acids is 1. The fourth-order valence-electron chi connectivity index (χ4n) is 1.76. The number of carbonyl (C=O) groups is 1. The number of ether oxygens (including phenoxy) is 1. The monoisotopic (exact) mass is 308 g/mol. The Labute approximate surface area is 113 Å². The molecule has 0 aromatic carbocycles. The van der Waals surface area contributed by atoms with Gasteiger partial charge in [-0.2, -0.15) is 0 Å². The number of hydrogen-bond acceptors (Lipinski definition) is 4. The Morgan fingerprint density at radius 3 is 2.24 bits per heavy atom. The van der Waals surface area contributed by atoms with Crippen LogP contribution in [0.1, 0.15) is 27.7 Å². The van der Waals surface area contributed by atoms with Crippen molar-refractivity contribution in [3.8, 4) is 0 Å². The van der Waals surface area contributed by atoms with Crippen LogP contribution in [0.15, 0.2) is 0 Å². The zero-order chi connectivity index (χ0) is 13.4. The highest BCUT2D eigenvalue weighted by Crippen LogP contribution is 2.04. The molecule has 5 heteroatoms. The van der Waals surface area contributed by atoms with E-state index in [1.54, 1.807) is 0 Å². The summed E-state index contributed by atoms with van der Waals surface area (Å²) in [6.07, 6.45) is 0. The van der Waals surface area contributed by atoms with Gasteiger partial charge in [-0.3, -0.25) is 9.69 Å². The van der Waals surface area contributed by atoms with Crippen LogP contribution in [0.2, 0.25) is 0 Å². The van der Waals surface area contributed by atoms with Crippen molar-refractivity contribution in [2.45, 2.75) is 44.6 Å². The van der Waals surface area contributed by atoms with Crippen LogP contribution >= 0.6 is 15.9 Å². The number of methoxy groups -OCH3 is 1. The van der Waals surface area contributed by atoms with E-state index in [0.717, 1.165) is 13.1 Å². The Hall–Kier alpha value is -0.130. The average molecular weight is 309 g/mol. The lowest BCUT2D eigenvalue weighted by molar-refractivity contribution is -0.139. The fraction of sp³-hybridized carbons (Fsp3) is 0.917. The van der Waals surface area contributed by atoms with Gasteiger partial charge in [0, 0.05) is 31.7 Å². The van der Waals surface area contributed by atoms with Crippen molar-refractivity contribution < 1.29 is 9.53 Å². The highest BCUT2D eigenvalue weighted by atomic mass is 79.9. The van der Waals surface area contributed by atoms with Crippen molar-refractivity contribution in [1.29, 1.82) is 0 Å². The van der Waals surface area contributed by atoms with Gasteiger partial charge in [-0.25, -0.2) is 0 Å². The zero-order valence-electron chi connectivity index (χ0n) is 11.5. The van der Waals surface area contributed by atoms with Crippen LogP contribution in [0.3, 0.4) is 0 Å². The van der Waals surface area contributed by atoms with Gasteiger partial charge in [0.25, 0.3) is 0 Å². The minimum Gasteiger partial charge on any atom is -0.468 e. The summed E-state index contributed by atoms with van der Waals surface area (Å²) in [4.78, 5) is 13.3. The van der Waals surface area contributed by atoms with Gasteiger partial charge in [0.1, 0.15) is 4.83 Å². The molecule has 0 saturated heterocycles. The van der Waals surface area contributed by atoms with Crippen LogP contribution in [0.5, 0.6) is 0 Å². The molecular formula is C12H25BrN2O2. The second-order valence-corrected chi connectivity index (χ2v) is 5.73. The van der Waals surface area contributed by atoms with Crippen LogP contribution < -0.4 is 5.32 Å². The first-order chi connectivity index (χ1) is 7.90. The fourth-order valence-corrected chi connectivity index (χ4v) is 2.18. The van der Waals surface area contributed by atoms with Crippen LogP contribution in [0.4, 0.5) is 0 Å². The third kappa shape index (κ3) is 7.01. The van der Waals surface area contributed by atoms with Crippen LogP contribution in [-0.4, -0.2) is 54.5 Å². The van der Waals surface area contributed by atoms with Crippen molar-refractivity contribution in [2.75, 3.05) is 26.7 Å². The molecule has 0 aliphatic carbocycles. The average Bonchev–Trinajstić information content (AvgIpc) is 2.26. The molecule has 0 aliphatic rings. The minimum absolute atomic E-state index is 0.234. The molecule has 0 saturated carbocycles. The molecule has 0 aliphatic heterocycles. The third-order valence-electron chi connectivity index (χ3n) is 2.65. The second kappa shape index (κ2) is 8.89. The number of hydrogen-bond donors (Lipinski definition) is 1. The number of alkyl halides is 1. The number of nitrogens with zero attached hydrogens (tertiary/aromatic N) is 1. The van der Waals surface area contributed by atoms with Crippen molar-refractivity contribution in [1.82, 2.24) is 10.2 Å². The lowest BCUT2D eigenvalue weighted by Crippen LogP contribution is -2.42. The van der Waals surface area contributed by atoms with E-state index in [1.807, 2.05) is 0 Å². The maximum atomic E-state index is 11.1. The number of rotatable bonds is 8. The van der Waals surface area contributed by atoms with Gasteiger partial charge in [-0.15, -0.1) is 0 Å². The molecular weight excluding hydrogens is 284 g/mol. The van der Waals surface area contributed by atoms with Crippen molar-refractivity contribution >= 4 is 21.9 Å². The molecule has 1 N–H and O–H groups in total. The molecule has 0 spiro atoms. The molecule has 1 atom stereocenters. The molecule has 0 aromatic rings. The molecule has 4 nitrogen and oxygen atoms in total. The molecule has 102 valence electrons. The number of halogens is 1. The first-order valence-corrected chi connectivity index (χ1v) is 7.00. The lowest BCUT2D eigenvalue weighted by Gasteiger charge is -2.30. The van der Waals surface area contributed by atoms with Gasteiger partial charge in [-0.05, 0) is 27.7 Å². The summed E-state index contributed by atoms with van der Waals surface area (Å²) in [7, 11) is 1.40. The molecule has 17 heavy (non-hydrogen) atoms. The molecule has 0 radical (unpaired) electrons. The van der Waals surface area contributed by atoms with Crippen molar-refractivity contribution in [3.05, 3.63) is 0 Å². The van der Waals surface area contributed by atoms with Gasteiger partial charge in [0.05, 0.1) is 7.11 Å². The molecule has 0 rings (SSSR count). The van der Waals surface area contributed by atoms with E-state index < -0.39 is 0 Å². The summed E-state index contributed by atoms with van der Waals surface area (Å²) in [6.45, 7) is 11.2. The SMILES string of the molecule is COC(=O)C(Br)CNCCN(C(C)C)C(C)C. The summed E-state index contributed by atoms with van der Waals surface area (Å²) >= 11 is 3.28. The van der Waals surface area contributed by atoms with E-state index in [2.05, 4.69) is 58.6 Å². The van der Waals surface area contributed by atoms with Crippen LogP contribution in [0, 0.1) is 0 Å². The number of esters is 1. The predicted molar refractivity (Wildman–Crippen MR) is 74.6 cm³/mol. The van der Waals surface area contributed by atoms with Crippen LogP contribution in [0.25, 0.3) is 0 Å². The summed E-state index contributed by atoms with van der Waals surface area (Å²) in [5, 5.41) is 3.25. The molecule has 0 fully saturated rings. The topological polar surface area (TPSA) is 41.6 Å². The Bertz CT molecular complexity index is 215. The number of nitrogens with one attached hydrogen (secondary N) is 1. The minimum atomic E-state index is -0.265. The Balaban J connectivity index is 3.79. The summed E-state index contributed by atoms with van der Waals surface area (Å²) in [6, 6.07) is 1.08. The third-order valence-corrected chi connectivity index (χ3v) is 3.35. The summed E-state index contributed by atoms with van der Waals surface area (Å²) in [5.74, 6) is -0.234. The Morgan fingerprint density at radius 2 is 1.82 bits per heavy atom. The standard InChI is InChI=1S/C12H25BrN2O2/c1-9(2)15(10(3)4)7-6-14-8-11(13)12(16)17-5/h9-11,14H,6-8H2,1-5H3. The van der Waals surface area contributed by atoms with E-state index in [-0.39, 0.29) is 10.8 Å². The van der Waals surface area contributed by atoms with Gasteiger partial charge in [-0.1, -0.05) is 15.9 Å².